The lowest BCUT2D eigenvalue weighted by atomic mass is 10.1. The number of aliphatic hydroxyl groups is 3. The fraction of sp³-hybridized carbons (Fsp3) is 0.556. The van der Waals surface area contributed by atoms with Gasteiger partial charge in [0.2, 0.25) is 0 Å². The molecule has 2 heterocycles. The first-order chi connectivity index (χ1) is 8.45. The summed E-state index contributed by atoms with van der Waals surface area (Å²) < 4.78 is 6.49. The van der Waals surface area contributed by atoms with Gasteiger partial charge < -0.3 is 20.1 Å². The van der Waals surface area contributed by atoms with E-state index in [9.17, 15) is 19.8 Å². The van der Waals surface area contributed by atoms with E-state index in [0.29, 0.717) is 0 Å². The minimum atomic E-state index is -1.36. The normalized spacial score (nSPS) is 31.8. The molecule has 1 aromatic rings. The minimum Gasteiger partial charge on any atom is -0.394 e. The highest BCUT2D eigenvalue weighted by Crippen LogP contribution is 2.28. The van der Waals surface area contributed by atoms with E-state index in [1.165, 1.54) is 0 Å². The Bertz CT molecular complexity index is 555. The van der Waals surface area contributed by atoms with Crippen molar-refractivity contribution < 1.29 is 20.1 Å². The van der Waals surface area contributed by atoms with Crippen molar-refractivity contribution in [3.05, 3.63) is 30.6 Å². The average molecular weight is 370 g/mol. The Morgan fingerprint density at radius 2 is 2.06 bits per heavy atom. The third-order valence-electron chi connectivity index (χ3n) is 2.70. The number of halogens is 1. The molecule has 0 amide bonds. The molecule has 0 bridgehead atoms. The van der Waals surface area contributed by atoms with Crippen LogP contribution in [0.3, 0.4) is 0 Å². The molecular formula is C9H11IN2O6. The molecule has 0 radical (unpaired) electrons. The standard InChI is InChI=1S/C9H11IN2O6/c10-4-1-5(14)11-9(17)12(4)8-7(16)6(15)3(2-13)18-8/h1,3,6-8,13,15-16H,2H2,(H,11,14,17)/t3-,6-,7-,8-/m0/s1. The summed E-state index contributed by atoms with van der Waals surface area (Å²) in [7, 11) is 0. The molecule has 100 valence electrons. The zero-order chi connectivity index (χ0) is 13.4. The van der Waals surface area contributed by atoms with Gasteiger partial charge in [0.1, 0.15) is 18.3 Å². The van der Waals surface area contributed by atoms with E-state index in [0.717, 1.165) is 10.6 Å². The van der Waals surface area contributed by atoms with Crippen molar-refractivity contribution in [1.29, 1.82) is 0 Å². The Morgan fingerprint density at radius 3 is 2.56 bits per heavy atom. The van der Waals surface area contributed by atoms with Crippen LogP contribution >= 0.6 is 22.6 Å². The fourth-order valence-electron chi connectivity index (χ4n) is 1.81. The maximum absolute atomic E-state index is 11.7. The van der Waals surface area contributed by atoms with Gasteiger partial charge in [-0.1, -0.05) is 0 Å². The lowest BCUT2D eigenvalue weighted by Crippen LogP contribution is -2.39. The number of hydrogen-bond donors (Lipinski definition) is 4. The van der Waals surface area contributed by atoms with E-state index in [-0.39, 0.29) is 3.70 Å². The van der Waals surface area contributed by atoms with Crippen molar-refractivity contribution in [2.24, 2.45) is 0 Å². The van der Waals surface area contributed by atoms with Gasteiger partial charge in [-0.05, 0) is 22.6 Å². The van der Waals surface area contributed by atoms with Crippen molar-refractivity contribution in [2.45, 2.75) is 24.5 Å². The first kappa shape index (κ1) is 13.7. The molecule has 0 saturated carbocycles. The Kier molecular flexibility index (Phi) is 3.87. The van der Waals surface area contributed by atoms with E-state index in [4.69, 9.17) is 9.84 Å². The quantitative estimate of drug-likeness (QED) is 0.345. The summed E-state index contributed by atoms with van der Waals surface area (Å²) in [6, 6.07) is 1.16. The number of H-pyrrole nitrogens is 1. The van der Waals surface area contributed by atoms with Gasteiger partial charge in [-0.25, -0.2) is 4.79 Å². The third-order valence-corrected chi connectivity index (χ3v) is 3.53. The van der Waals surface area contributed by atoms with E-state index in [1.807, 2.05) is 4.98 Å². The zero-order valence-electron chi connectivity index (χ0n) is 8.99. The highest BCUT2D eigenvalue weighted by molar-refractivity contribution is 14.1. The van der Waals surface area contributed by atoms with Crippen molar-refractivity contribution in [3.63, 3.8) is 0 Å². The summed E-state index contributed by atoms with van der Waals surface area (Å²) in [5.74, 6) is 0. The molecule has 1 saturated heterocycles. The maximum Gasteiger partial charge on any atom is 0.331 e. The van der Waals surface area contributed by atoms with Gasteiger partial charge in [-0.2, -0.15) is 0 Å². The topological polar surface area (TPSA) is 125 Å². The second-order valence-corrected chi connectivity index (χ2v) is 4.97. The van der Waals surface area contributed by atoms with E-state index < -0.39 is 42.4 Å². The van der Waals surface area contributed by atoms with Crippen LogP contribution in [0.1, 0.15) is 6.23 Å². The van der Waals surface area contributed by atoms with E-state index >= 15 is 0 Å². The molecule has 1 aliphatic heterocycles. The molecule has 1 fully saturated rings. The average Bonchev–Trinajstić information content (AvgIpc) is 2.56. The van der Waals surface area contributed by atoms with Crippen LogP contribution < -0.4 is 11.2 Å². The summed E-state index contributed by atoms with van der Waals surface area (Å²) in [6.45, 7) is -0.483. The summed E-state index contributed by atoms with van der Waals surface area (Å²) in [4.78, 5) is 24.8. The van der Waals surface area contributed by atoms with E-state index in [1.54, 1.807) is 22.6 Å². The Labute approximate surface area is 114 Å². The van der Waals surface area contributed by atoms with Crippen LogP contribution in [-0.2, 0) is 4.74 Å². The van der Waals surface area contributed by atoms with Gasteiger partial charge in [-0.15, -0.1) is 0 Å². The molecule has 18 heavy (non-hydrogen) atoms. The highest BCUT2D eigenvalue weighted by atomic mass is 127. The van der Waals surface area contributed by atoms with Crippen LogP contribution in [0.4, 0.5) is 0 Å². The summed E-state index contributed by atoms with van der Waals surface area (Å²) in [6.07, 6.45) is -4.78. The molecule has 4 N–H and O–H groups in total. The Hall–Kier alpha value is -0.750. The molecule has 0 spiro atoms. The molecule has 1 aliphatic rings. The van der Waals surface area contributed by atoms with Crippen LogP contribution in [0.25, 0.3) is 0 Å². The molecule has 0 aromatic carbocycles. The molecule has 0 aliphatic carbocycles. The van der Waals surface area contributed by atoms with Crippen LogP contribution in [0, 0.1) is 3.70 Å². The summed E-state index contributed by atoms with van der Waals surface area (Å²) in [5.41, 5.74) is -1.31. The van der Waals surface area contributed by atoms with Gasteiger partial charge in [-0.3, -0.25) is 14.3 Å². The van der Waals surface area contributed by atoms with Gasteiger partial charge in [0.05, 0.1) is 10.3 Å². The summed E-state index contributed by atoms with van der Waals surface area (Å²) >= 11 is 1.75. The molecule has 9 heteroatoms. The first-order valence-corrected chi connectivity index (χ1v) is 6.17. The molecule has 0 unspecified atom stereocenters. The fourth-order valence-corrected chi connectivity index (χ4v) is 2.58. The van der Waals surface area contributed by atoms with Crippen molar-refractivity contribution in [2.75, 3.05) is 6.61 Å². The number of nitrogens with zero attached hydrogens (tertiary/aromatic N) is 1. The lowest BCUT2D eigenvalue weighted by molar-refractivity contribution is -0.0562. The second kappa shape index (κ2) is 5.09. The summed E-state index contributed by atoms with van der Waals surface area (Å²) in [5, 5.41) is 28.3. The molecular weight excluding hydrogens is 359 g/mol. The van der Waals surface area contributed by atoms with Gasteiger partial charge >= 0.3 is 5.69 Å². The predicted molar refractivity (Wildman–Crippen MR) is 67.0 cm³/mol. The largest absolute Gasteiger partial charge is 0.394 e. The number of rotatable bonds is 2. The smallest absolute Gasteiger partial charge is 0.331 e. The van der Waals surface area contributed by atoms with Crippen LogP contribution in [-0.4, -0.2) is 49.8 Å². The number of ether oxygens (including phenoxy) is 1. The third kappa shape index (κ3) is 2.23. The van der Waals surface area contributed by atoms with E-state index in [2.05, 4.69) is 0 Å². The highest BCUT2D eigenvalue weighted by Gasteiger charge is 2.44. The molecule has 4 atom stereocenters. The number of aromatic nitrogens is 2. The number of hydrogen-bond acceptors (Lipinski definition) is 6. The van der Waals surface area contributed by atoms with Crippen molar-refractivity contribution in [1.82, 2.24) is 9.55 Å². The molecule has 8 nitrogen and oxygen atoms in total. The minimum absolute atomic E-state index is 0.260. The maximum atomic E-state index is 11.7. The molecule has 2 rings (SSSR count). The Morgan fingerprint density at radius 1 is 1.39 bits per heavy atom. The second-order valence-electron chi connectivity index (χ2n) is 3.86. The van der Waals surface area contributed by atoms with Crippen molar-refractivity contribution >= 4 is 22.6 Å². The number of aliphatic hydroxyl groups excluding tert-OH is 3. The van der Waals surface area contributed by atoms with Gasteiger partial charge in [0, 0.05) is 6.07 Å². The number of nitrogens with one attached hydrogen (secondary N) is 1. The van der Waals surface area contributed by atoms with Gasteiger partial charge in [0.15, 0.2) is 6.23 Å². The van der Waals surface area contributed by atoms with Gasteiger partial charge in [0.25, 0.3) is 5.56 Å². The monoisotopic (exact) mass is 370 g/mol. The first-order valence-electron chi connectivity index (χ1n) is 5.09. The lowest BCUT2D eigenvalue weighted by Gasteiger charge is -2.18. The Balaban J connectivity index is 2.45. The SMILES string of the molecule is O=c1cc(I)n([C@H]2O[C@@H](CO)[C@H](O)[C@@H]2O)c(=O)[nH]1. The van der Waals surface area contributed by atoms with Crippen LogP contribution in [0.15, 0.2) is 15.7 Å². The van der Waals surface area contributed by atoms with Crippen LogP contribution in [0.2, 0.25) is 0 Å². The van der Waals surface area contributed by atoms with Crippen molar-refractivity contribution in [3.8, 4) is 0 Å². The number of aromatic amines is 1. The zero-order valence-corrected chi connectivity index (χ0v) is 11.1. The molecule has 1 aromatic heterocycles. The van der Waals surface area contributed by atoms with Crippen LogP contribution in [0.5, 0.6) is 0 Å². The predicted octanol–water partition coefficient (Wildman–Crippen LogP) is -2.25.